The highest BCUT2D eigenvalue weighted by Crippen LogP contribution is 2.38. The summed E-state index contributed by atoms with van der Waals surface area (Å²) in [7, 11) is 1.41. The molecule has 1 aliphatic carbocycles. The number of nitrogens with zero attached hydrogens (tertiary/aromatic N) is 1. The normalized spacial score (nSPS) is 14.9. The van der Waals surface area contributed by atoms with Crippen molar-refractivity contribution in [2.75, 3.05) is 18.9 Å². The maximum absolute atomic E-state index is 13.0. The first-order valence-electron chi connectivity index (χ1n) is 7.09. The molecule has 6 heteroatoms. The molecule has 0 radical (unpaired) electrons. The summed E-state index contributed by atoms with van der Waals surface area (Å²) in [5, 5.41) is 2.54. The Hall–Kier alpha value is -1.72. The van der Waals surface area contributed by atoms with Gasteiger partial charge in [-0.05, 0) is 31.4 Å². The molecule has 1 aliphatic rings. The number of anilines is 1. The molecule has 0 aromatic heterocycles. The van der Waals surface area contributed by atoms with Crippen LogP contribution in [0.5, 0.6) is 0 Å². The van der Waals surface area contributed by atoms with Crippen LogP contribution in [0.25, 0.3) is 0 Å². The number of benzene rings is 1. The van der Waals surface area contributed by atoms with Gasteiger partial charge in [-0.15, -0.1) is 0 Å². The molecule has 0 unspecified atom stereocenters. The molecule has 0 spiro atoms. The number of carbonyl (C=O) groups excluding carboxylic acids is 1. The minimum absolute atomic E-state index is 0.0904. The van der Waals surface area contributed by atoms with Gasteiger partial charge < -0.3 is 10.2 Å². The van der Waals surface area contributed by atoms with E-state index in [0.29, 0.717) is 6.54 Å². The maximum Gasteiger partial charge on any atom is 0.418 e. The lowest BCUT2D eigenvalue weighted by Crippen LogP contribution is -2.34. The zero-order valence-corrected chi connectivity index (χ0v) is 12.1. The van der Waals surface area contributed by atoms with Gasteiger partial charge >= 0.3 is 6.18 Å². The van der Waals surface area contributed by atoms with Gasteiger partial charge in [-0.3, -0.25) is 4.79 Å². The first kappa shape index (κ1) is 15.7. The van der Waals surface area contributed by atoms with Crippen LogP contribution in [-0.4, -0.2) is 30.4 Å². The van der Waals surface area contributed by atoms with Gasteiger partial charge in [-0.2, -0.15) is 13.2 Å². The van der Waals surface area contributed by atoms with Gasteiger partial charge in [0.25, 0.3) is 5.91 Å². The Labute approximate surface area is 122 Å². The van der Waals surface area contributed by atoms with E-state index in [4.69, 9.17) is 0 Å². The summed E-state index contributed by atoms with van der Waals surface area (Å²) in [5.74, 6) is -0.324. The van der Waals surface area contributed by atoms with Crippen LogP contribution in [0, 0.1) is 0 Å². The fourth-order valence-corrected chi connectivity index (χ4v) is 2.47. The number of para-hydroxylation sites is 1. The molecule has 0 atom stereocenters. The Morgan fingerprint density at radius 1 is 1.38 bits per heavy atom. The number of hydrogen-bond donors (Lipinski definition) is 1. The van der Waals surface area contributed by atoms with Gasteiger partial charge in [-0.25, -0.2) is 0 Å². The predicted molar refractivity (Wildman–Crippen MR) is 75.3 cm³/mol. The molecule has 0 bridgehead atoms. The van der Waals surface area contributed by atoms with E-state index in [1.54, 1.807) is 4.90 Å². The van der Waals surface area contributed by atoms with Crippen molar-refractivity contribution >= 4 is 11.6 Å². The smallest absolute Gasteiger partial charge is 0.387 e. The molecule has 21 heavy (non-hydrogen) atoms. The molecule has 1 amide bonds. The number of hydrogen-bond acceptors (Lipinski definition) is 2. The van der Waals surface area contributed by atoms with Crippen LogP contribution < -0.4 is 5.32 Å². The summed E-state index contributed by atoms with van der Waals surface area (Å²) >= 11 is 0. The van der Waals surface area contributed by atoms with Crippen molar-refractivity contribution in [1.29, 1.82) is 0 Å². The molecule has 116 valence electrons. The lowest BCUT2D eigenvalue weighted by atomic mass is 10.0. The van der Waals surface area contributed by atoms with Crippen molar-refractivity contribution < 1.29 is 18.0 Å². The van der Waals surface area contributed by atoms with Crippen LogP contribution in [0.1, 0.15) is 42.1 Å². The third kappa shape index (κ3) is 3.31. The van der Waals surface area contributed by atoms with Crippen molar-refractivity contribution in [2.45, 2.75) is 38.4 Å². The SMILES string of the molecule is CCCN(C(=O)c1cccc(C(F)(F)F)c1NC)C1CC1. The first-order chi connectivity index (χ1) is 9.90. The third-order valence-corrected chi connectivity index (χ3v) is 3.56. The molecule has 2 rings (SSSR count). The molecular weight excluding hydrogens is 281 g/mol. The van der Waals surface area contributed by atoms with Crippen molar-refractivity contribution in [3.05, 3.63) is 29.3 Å². The molecule has 1 aromatic rings. The minimum atomic E-state index is -4.48. The maximum atomic E-state index is 13.0. The molecule has 0 saturated heterocycles. The van der Waals surface area contributed by atoms with Gasteiger partial charge in [0.15, 0.2) is 0 Å². The summed E-state index contributed by atoms with van der Waals surface area (Å²) in [6.07, 6.45) is -1.83. The van der Waals surface area contributed by atoms with E-state index in [2.05, 4.69) is 5.32 Å². The summed E-state index contributed by atoms with van der Waals surface area (Å²) < 4.78 is 39.1. The Kier molecular flexibility index (Phi) is 4.44. The van der Waals surface area contributed by atoms with E-state index in [1.807, 2.05) is 6.92 Å². The van der Waals surface area contributed by atoms with Crippen molar-refractivity contribution in [3.8, 4) is 0 Å². The fraction of sp³-hybridized carbons (Fsp3) is 0.533. The highest BCUT2D eigenvalue weighted by molar-refractivity contribution is 6.00. The van der Waals surface area contributed by atoms with Crippen LogP contribution in [0.15, 0.2) is 18.2 Å². The monoisotopic (exact) mass is 300 g/mol. The van der Waals surface area contributed by atoms with Crippen LogP contribution in [0.2, 0.25) is 0 Å². The number of carbonyl (C=O) groups is 1. The average molecular weight is 300 g/mol. The molecule has 1 fully saturated rings. The summed E-state index contributed by atoms with van der Waals surface area (Å²) in [4.78, 5) is 14.3. The second kappa shape index (κ2) is 5.95. The third-order valence-electron chi connectivity index (χ3n) is 3.56. The second-order valence-corrected chi connectivity index (χ2v) is 5.21. The standard InChI is InChI=1S/C15H19F3N2O/c1-3-9-20(10-7-8-10)14(21)11-5-4-6-12(13(11)19-2)15(16,17)18/h4-6,10,19H,3,7-9H2,1-2H3. The van der Waals surface area contributed by atoms with Crippen LogP contribution in [0.4, 0.5) is 18.9 Å². The predicted octanol–water partition coefficient (Wildman–Crippen LogP) is 3.76. The van der Waals surface area contributed by atoms with E-state index < -0.39 is 11.7 Å². The van der Waals surface area contributed by atoms with Crippen LogP contribution in [-0.2, 0) is 6.18 Å². The highest BCUT2D eigenvalue weighted by atomic mass is 19.4. The van der Waals surface area contributed by atoms with Gasteiger partial charge in [-0.1, -0.05) is 13.0 Å². The van der Waals surface area contributed by atoms with E-state index in [1.165, 1.54) is 19.2 Å². The van der Waals surface area contributed by atoms with E-state index in [-0.39, 0.29) is 23.2 Å². The molecule has 1 saturated carbocycles. The highest BCUT2D eigenvalue weighted by Gasteiger charge is 2.37. The summed E-state index contributed by atoms with van der Waals surface area (Å²) in [5.41, 5.74) is -0.854. The second-order valence-electron chi connectivity index (χ2n) is 5.21. The van der Waals surface area contributed by atoms with Crippen molar-refractivity contribution in [2.24, 2.45) is 0 Å². The molecule has 1 N–H and O–H groups in total. The van der Waals surface area contributed by atoms with Gasteiger partial charge in [0.1, 0.15) is 0 Å². The zero-order valence-electron chi connectivity index (χ0n) is 12.1. The van der Waals surface area contributed by atoms with Crippen molar-refractivity contribution in [1.82, 2.24) is 4.90 Å². The topological polar surface area (TPSA) is 32.3 Å². The fourth-order valence-electron chi connectivity index (χ4n) is 2.47. The number of alkyl halides is 3. The molecule has 0 heterocycles. The Balaban J connectivity index is 2.40. The quantitative estimate of drug-likeness (QED) is 0.898. The Morgan fingerprint density at radius 3 is 2.52 bits per heavy atom. The number of amides is 1. The Morgan fingerprint density at radius 2 is 2.05 bits per heavy atom. The van der Waals surface area contributed by atoms with Crippen molar-refractivity contribution in [3.63, 3.8) is 0 Å². The lowest BCUT2D eigenvalue weighted by molar-refractivity contribution is -0.136. The van der Waals surface area contributed by atoms with Gasteiger partial charge in [0, 0.05) is 19.6 Å². The van der Waals surface area contributed by atoms with Crippen LogP contribution in [0.3, 0.4) is 0 Å². The summed E-state index contributed by atoms with van der Waals surface area (Å²) in [6.45, 7) is 2.52. The largest absolute Gasteiger partial charge is 0.418 e. The minimum Gasteiger partial charge on any atom is -0.387 e. The number of rotatable bonds is 5. The lowest BCUT2D eigenvalue weighted by Gasteiger charge is -2.24. The molecule has 1 aromatic carbocycles. The number of nitrogens with one attached hydrogen (secondary N) is 1. The van der Waals surface area contributed by atoms with E-state index in [9.17, 15) is 18.0 Å². The zero-order chi connectivity index (χ0) is 15.6. The first-order valence-corrected chi connectivity index (χ1v) is 7.09. The molecular formula is C15H19F3N2O. The van der Waals surface area contributed by atoms with Gasteiger partial charge in [0.2, 0.25) is 0 Å². The van der Waals surface area contributed by atoms with Crippen LogP contribution >= 0.6 is 0 Å². The van der Waals surface area contributed by atoms with E-state index in [0.717, 1.165) is 25.3 Å². The van der Waals surface area contributed by atoms with Gasteiger partial charge in [0.05, 0.1) is 16.8 Å². The Bertz CT molecular complexity index is 524. The molecule has 0 aliphatic heterocycles. The summed E-state index contributed by atoms with van der Waals surface area (Å²) in [6, 6.07) is 3.91. The van der Waals surface area contributed by atoms with E-state index >= 15 is 0 Å². The number of halogens is 3. The average Bonchev–Trinajstić information content (AvgIpc) is 3.26. The molecule has 3 nitrogen and oxygen atoms in total.